The number of hydrogen-bond acceptors (Lipinski definition) is 5. The fourth-order valence-corrected chi connectivity index (χ4v) is 2.96. The molecule has 0 bridgehead atoms. The van der Waals surface area contributed by atoms with Crippen molar-refractivity contribution in [3.8, 4) is 6.07 Å². The smallest absolute Gasteiger partial charge is 0.273 e. The third-order valence-corrected chi connectivity index (χ3v) is 3.93. The lowest BCUT2D eigenvalue weighted by Gasteiger charge is -2.26. The lowest BCUT2D eigenvalue weighted by Crippen LogP contribution is -2.18. The number of rotatable bonds is 4. The van der Waals surface area contributed by atoms with Crippen molar-refractivity contribution in [3.63, 3.8) is 0 Å². The maximum absolute atomic E-state index is 11.4. The molecule has 1 aliphatic heterocycles. The van der Waals surface area contributed by atoms with Gasteiger partial charge in [0.25, 0.3) is 5.69 Å². The zero-order valence-corrected chi connectivity index (χ0v) is 12.5. The second-order valence-corrected chi connectivity index (χ2v) is 5.33. The third kappa shape index (κ3) is 2.44. The van der Waals surface area contributed by atoms with Crippen molar-refractivity contribution >= 4 is 11.5 Å². The zero-order chi connectivity index (χ0) is 16.4. The van der Waals surface area contributed by atoms with Gasteiger partial charge in [0, 0.05) is 22.9 Å². The lowest BCUT2D eigenvalue weighted by molar-refractivity contribution is -0.385. The van der Waals surface area contributed by atoms with E-state index >= 15 is 0 Å². The summed E-state index contributed by atoms with van der Waals surface area (Å²) in [5.74, 6) is 0.203. The second-order valence-electron chi connectivity index (χ2n) is 5.33. The van der Waals surface area contributed by atoms with Crippen LogP contribution in [0.2, 0.25) is 0 Å². The van der Waals surface area contributed by atoms with Crippen molar-refractivity contribution in [2.45, 2.75) is 25.7 Å². The Morgan fingerprint density at radius 3 is 2.87 bits per heavy atom. The summed E-state index contributed by atoms with van der Waals surface area (Å²) < 4.78 is 0. The van der Waals surface area contributed by atoms with Crippen LogP contribution in [-0.4, -0.2) is 15.1 Å². The Morgan fingerprint density at radius 1 is 1.39 bits per heavy atom. The first-order valence-corrected chi connectivity index (χ1v) is 7.34. The molecule has 116 valence electrons. The Labute approximate surface area is 132 Å². The van der Waals surface area contributed by atoms with Crippen molar-refractivity contribution in [2.75, 3.05) is 5.32 Å². The standard InChI is InChI=1S/C16H15N5O2/c1-2-5-13-11(8-17)15(12-9-18-20-16(12)19-13)10-6-3-4-7-14(10)21(22)23/h3-4,6-7,9,15H,2,5H2,1H3,(H2,18,19,20). The minimum absolute atomic E-state index is 0.00940. The van der Waals surface area contributed by atoms with Gasteiger partial charge in [-0.15, -0.1) is 0 Å². The van der Waals surface area contributed by atoms with Crippen molar-refractivity contribution in [1.82, 2.24) is 10.2 Å². The van der Waals surface area contributed by atoms with E-state index in [1.165, 1.54) is 6.07 Å². The quantitative estimate of drug-likeness (QED) is 0.664. The first-order chi connectivity index (χ1) is 11.2. The SMILES string of the molecule is CCCC1=C(C#N)C(c2ccccc2[N+](=O)[O-])c2cn[nH]c2N1. The number of hydrogen-bond donors (Lipinski definition) is 2. The summed E-state index contributed by atoms with van der Waals surface area (Å²) in [5.41, 5.74) is 2.56. The molecule has 0 fully saturated rings. The Kier molecular flexibility index (Phi) is 3.81. The summed E-state index contributed by atoms with van der Waals surface area (Å²) in [6, 6.07) is 8.78. The van der Waals surface area contributed by atoms with Crippen molar-refractivity contribution < 1.29 is 4.92 Å². The number of nitrogens with zero attached hydrogens (tertiary/aromatic N) is 3. The van der Waals surface area contributed by atoms with Crippen LogP contribution < -0.4 is 5.32 Å². The molecule has 2 aromatic rings. The molecule has 1 unspecified atom stereocenters. The van der Waals surface area contributed by atoms with Crippen LogP contribution in [0.3, 0.4) is 0 Å². The van der Waals surface area contributed by atoms with Crippen LogP contribution in [0.5, 0.6) is 0 Å². The number of para-hydroxylation sites is 1. The minimum atomic E-state index is -0.488. The summed E-state index contributed by atoms with van der Waals surface area (Å²) in [5, 5.41) is 31.1. The van der Waals surface area contributed by atoms with Crippen LogP contribution in [0.25, 0.3) is 0 Å². The van der Waals surface area contributed by atoms with Gasteiger partial charge in [0.1, 0.15) is 5.82 Å². The van der Waals surface area contributed by atoms with Gasteiger partial charge in [0.05, 0.1) is 28.7 Å². The molecule has 0 amide bonds. The topological polar surface area (TPSA) is 108 Å². The van der Waals surface area contributed by atoms with Crippen LogP contribution in [-0.2, 0) is 0 Å². The molecule has 3 rings (SSSR count). The first-order valence-electron chi connectivity index (χ1n) is 7.34. The highest BCUT2D eigenvalue weighted by molar-refractivity contribution is 5.66. The van der Waals surface area contributed by atoms with E-state index in [0.717, 1.165) is 17.7 Å². The fourth-order valence-electron chi connectivity index (χ4n) is 2.96. The number of aromatic nitrogens is 2. The largest absolute Gasteiger partial charge is 0.343 e. The molecule has 7 nitrogen and oxygen atoms in total. The number of allylic oxidation sites excluding steroid dienone is 2. The predicted molar refractivity (Wildman–Crippen MR) is 84.7 cm³/mol. The van der Waals surface area contributed by atoms with E-state index in [4.69, 9.17) is 0 Å². The van der Waals surface area contributed by atoms with Gasteiger partial charge in [-0.1, -0.05) is 31.5 Å². The molecule has 1 aliphatic rings. The number of nitro benzene ring substituents is 1. The van der Waals surface area contributed by atoms with E-state index in [0.29, 0.717) is 23.4 Å². The van der Waals surface area contributed by atoms with E-state index in [-0.39, 0.29) is 5.69 Å². The third-order valence-electron chi connectivity index (χ3n) is 3.93. The highest BCUT2D eigenvalue weighted by atomic mass is 16.6. The maximum atomic E-state index is 11.4. The normalized spacial score (nSPS) is 16.4. The van der Waals surface area contributed by atoms with Crippen LogP contribution in [0.15, 0.2) is 41.7 Å². The van der Waals surface area contributed by atoms with Crippen LogP contribution in [0, 0.1) is 21.4 Å². The van der Waals surface area contributed by atoms with Gasteiger partial charge in [0.15, 0.2) is 0 Å². The Hall–Kier alpha value is -3.14. The highest BCUT2D eigenvalue weighted by Crippen LogP contribution is 2.44. The Balaban J connectivity index is 2.24. The molecule has 1 aromatic heterocycles. The number of nitrogens with one attached hydrogen (secondary N) is 2. The summed E-state index contributed by atoms with van der Waals surface area (Å²) in [6.45, 7) is 2.02. The van der Waals surface area contributed by atoms with E-state index < -0.39 is 10.8 Å². The molecule has 1 atom stereocenters. The predicted octanol–water partition coefficient (Wildman–Crippen LogP) is 3.45. The molecule has 7 heteroatoms. The van der Waals surface area contributed by atoms with E-state index in [2.05, 4.69) is 21.6 Å². The van der Waals surface area contributed by atoms with Crippen LogP contribution >= 0.6 is 0 Å². The summed E-state index contributed by atoms with van der Waals surface area (Å²) in [6.07, 6.45) is 3.17. The highest BCUT2D eigenvalue weighted by Gasteiger charge is 2.34. The van der Waals surface area contributed by atoms with Gasteiger partial charge in [0.2, 0.25) is 0 Å². The number of anilines is 1. The maximum Gasteiger partial charge on any atom is 0.273 e. The number of aromatic amines is 1. The molecule has 0 aliphatic carbocycles. The molecule has 0 radical (unpaired) electrons. The summed E-state index contributed by atoms with van der Waals surface area (Å²) in [4.78, 5) is 11.0. The fraction of sp³-hybridized carbons (Fsp3) is 0.250. The second kappa shape index (κ2) is 5.93. The number of fused-ring (bicyclic) bond motifs is 1. The van der Waals surface area contributed by atoms with Crippen molar-refractivity contribution in [3.05, 3.63) is 63.0 Å². The molecule has 2 N–H and O–H groups in total. The number of H-pyrrole nitrogens is 1. The molecule has 0 saturated carbocycles. The van der Waals surface area contributed by atoms with Crippen LogP contribution in [0.4, 0.5) is 11.5 Å². The van der Waals surface area contributed by atoms with E-state index in [1.54, 1.807) is 24.4 Å². The molecule has 0 spiro atoms. The number of nitriles is 1. The Morgan fingerprint density at radius 2 is 2.17 bits per heavy atom. The minimum Gasteiger partial charge on any atom is -0.343 e. The number of benzene rings is 1. The zero-order valence-electron chi connectivity index (χ0n) is 12.5. The van der Waals surface area contributed by atoms with Gasteiger partial charge < -0.3 is 5.32 Å². The van der Waals surface area contributed by atoms with Gasteiger partial charge in [-0.3, -0.25) is 15.2 Å². The van der Waals surface area contributed by atoms with Gasteiger partial charge >= 0.3 is 0 Å². The molecule has 0 saturated heterocycles. The van der Waals surface area contributed by atoms with Crippen molar-refractivity contribution in [2.24, 2.45) is 0 Å². The molecule has 23 heavy (non-hydrogen) atoms. The molecule has 1 aromatic carbocycles. The van der Waals surface area contributed by atoms with Crippen molar-refractivity contribution in [1.29, 1.82) is 5.26 Å². The average Bonchev–Trinajstić information content (AvgIpc) is 3.01. The van der Waals surface area contributed by atoms with Crippen LogP contribution in [0.1, 0.15) is 36.8 Å². The van der Waals surface area contributed by atoms with Gasteiger partial charge in [-0.25, -0.2) is 0 Å². The summed E-state index contributed by atoms with van der Waals surface area (Å²) >= 11 is 0. The average molecular weight is 309 g/mol. The van der Waals surface area contributed by atoms with Gasteiger partial charge in [-0.2, -0.15) is 10.4 Å². The molecular weight excluding hydrogens is 294 g/mol. The lowest BCUT2D eigenvalue weighted by atomic mass is 9.82. The Bertz CT molecular complexity index is 831. The molecular formula is C16H15N5O2. The van der Waals surface area contributed by atoms with E-state index in [1.807, 2.05) is 6.92 Å². The summed E-state index contributed by atoms with van der Waals surface area (Å²) in [7, 11) is 0. The number of nitro groups is 1. The van der Waals surface area contributed by atoms with Gasteiger partial charge in [-0.05, 0) is 6.42 Å². The van der Waals surface area contributed by atoms with E-state index in [9.17, 15) is 15.4 Å². The first kappa shape index (κ1) is 14.8. The monoisotopic (exact) mass is 309 g/mol. The molecule has 2 heterocycles.